The van der Waals surface area contributed by atoms with Gasteiger partial charge in [-0.05, 0) is 36.4 Å². The lowest BCUT2D eigenvalue weighted by atomic mass is 10.2. The summed E-state index contributed by atoms with van der Waals surface area (Å²) in [5.41, 5.74) is 3.77. The molecule has 2 heterocycles. The number of ether oxygens (including phenoxy) is 1. The van der Waals surface area contributed by atoms with Crippen molar-refractivity contribution in [2.75, 3.05) is 4.90 Å². The number of hydrogen-bond acceptors (Lipinski definition) is 4. The molecule has 0 radical (unpaired) electrons. The van der Waals surface area contributed by atoms with Crippen LogP contribution in [0.3, 0.4) is 0 Å². The van der Waals surface area contributed by atoms with E-state index in [1.54, 1.807) is 0 Å². The van der Waals surface area contributed by atoms with Gasteiger partial charge >= 0.3 is 0 Å². The highest BCUT2D eigenvalue weighted by molar-refractivity contribution is 5.84. The van der Waals surface area contributed by atoms with Crippen LogP contribution >= 0.6 is 0 Å². The number of aromatic nitrogens is 3. The predicted molar refractivity (Wildman–Crippen MR) is 122 cm³/mol. The van der Waals surface area contributed by atoms with E-state index >= 15 is 0 Å². The van der Waals surface area contributed by atoms with Gasteiger partial charge in [-0.3, -0.25) is 4.90 Å². The summed E-state index contributed by atoms with van der Waals surface area (Å²) in [6, 6.07) is 36.1. The van der Waals surface area contributed by atoms with E-state index in [4.69, 9.17) is 14.8 Å². The van der Waals surface area contributed by atoms with Gasteiger partial charge < -0.3 is 4.74 Å². The second-order valence-electron chi connectivity index (χ2n) is 7.22. The summed E-state index contributed by atoms with van der Waals surface area (Å²) in [6.07, 6.45) is 0. The quantitative estimate of drug-likeness (QED) is 0.338. The van der Waals surface area contributed by atoms with E-state index in [-0.39, 0.29) is 0 Å². The Balaban J connectivity index is 1.59. The lowest BCUT2D eigenvalue weighted by Gasteiger charge is -2.30. The minimum atomic E-state index is 0.589. The Morgan fingerprint density at radius 2 is 1.13 bits per heavy atom. The molecule has 0 fully saturated rings. The molecule has 0 saturated carbocycles. The van der Waals surface area contributed by atoms with Crippen LogP contribution in [0.4, 0.5) is 17.3 Å². The third-order valence-electron chi connectivity index (χ3n) is 5.26. The van der Waals surface area contributed by atoms with Crippen molar-refractivity contribution in [3.8, 4) is 28.6 Å². The van der Waals surface area contributed by atoms with Gasteiger partial charge in [-0.15, -0.1) is 5.10 Å². The molecule has 0 spiro atoms. The van der Waals surface area contributed by atoms with E-state index in [1.807, 2.05) is 102 Å². The van der Waals surface area contributed by atoms with Crippen molar-refractivity contribution in [2.24, 2.45) is 0 Å². The number of para-hydroxylation sites is 5. The summed E-state index contributed by atoms with van der Waals surface area (Å²) < 4.78 is 8.03. The second kappa shape index (κ2) is 7.15. The Kier molecular flexibility index (Phi) is 4.03. The van der Waals surface area contributed by atoms with Gasteiger partial charge in [0.05, 0.1) is 17.1 Å². The Hall–Kier alpha value is -4.38. The molecule has 5 heteroatoms. The molecule has 1 aromatic heterocycles. The third-order valence-corrected chi connectivity index (χ3v) is 5.26. The molecule has 0 N–H and O–H groups in total. The number of hydrogen-bond donors (Lipinski definition) is 0. The Bertz CT molecular complexity index is 1260. The van der Waals surface area contributed by atoms with E-state index in [0.29, 0.717) is 5.95 Å². The number of nitrogens with zero attached hydrogens (tertiary/aromatic N) is 4. The molecule has 4 aromatic carbocycles. The van der Waals surface area contributed by atoms with E-state index in [0.717, 1.165) is 39.9 Å². The van der Waals surface area contributed by atoms with Gasteiger partial charge in [-0.1, -0.05) is 72.8 Å². The molecular weight excluding hydrogens is 384 g/mol. The highest BCUT2D eigenvalue weighted by Gasteiger charge is 2.29. The van der Waals surface area contributed by atoms with Crippen LogP contribution in [-0.2, 0) is 0 Å². The SMILES string of the molecule is c1ccc(-c2nc(N3c4ccccc4Oc4ccccc43)nn2-c2ccccc2)cc1. The molecule has 0 amide bonds. The first kappa shape index (κ1) is 17.5. The van der Waals surface area contributed by atoms with E-state index in [9.17, 15) is 0 Å². The number of rotatable bonds is 3. The summed E-state index contributed by atoms with van der Waals surface area (Å²) >= 11 is 0. The van der Waals surface area contributed by atoms with Crippen molar-refractivity contribution >= 4 is 17.3 Å². The lowest BCUT2D eigenvalue weighted by Crippen LogP contribution is -2.17. The smallest absolute Gasteiger partial charge is 0.255 e. The van der Waals surface area contributed by atoms with E-state index in [1.165, 1.54) is 0 Å². The van der Waals surface area contributed by atoms with Crippen LogP contribution in [0.25, 0.3) is 17.1 Å². The molecule has 148 valence electrons. The molecule has 31 heavy (non-hydrogen) atoms. The summed E-state index contributed by atoms with van der Waals surface area (Å²) in [4.78, 5) is 7.06. The van der Waals surface area contributed by atoms with Gasteiger partial charge in [0, 0.05) is 5.56 Å². The fourth-order valence-electron chi connectivity index (χ4n) is 3.84. The molecule has 0 unspecified atom stereocenters. The molecule has 6 rings (SSSR count). The molecule has 5 aromatic rings. The van der Waals surface area contributed by atoms with Crippen molar-refractivity contribution in [3.63, 3.8) is 0 Å². The largest absolute Gasteiger partial charge is 0.453 e. The zero-order chi connectivity index (χ0) is 20.6. The summed E-state index contributed by atoms with van der Waals surface area (Å²) in [6.45, 7) is 0. The summed E-state index contributed by atoms with van der Waals surface area (Å²) in [5.74, 6) is 2.92. The first-order chi connectivity index (χ1) is 15.4. The van der Waals surface area contributed by atoms with Crippen LogP contribution in [0.5, 0.6) is 11.5 Å². The summed E-state index contributed by atoms with van der Waals surface area (Å²) in [5, 5.41) is 4.95. The zero-order valence-electron chi connectivity index (χ0n) is 16.6. The minimum absolute atomic E-state index is 0.589. The van der Waals surface area contributed by atoms with E-state index in [2.05, 4.69) is 17.0 Å². The average Bonchev–Trinajstić information content (AvgIpc) is 3.28. The maximum atomic E-state index is 6.13. The van der Waals surface area contributed by atoms with Crippen molar-refractivity contribution in [1.29, 1.82) is 0 Å². The number of fused-ring (bicyclic) bond motifs is 2. The Morgan fingerprint density at radius 1 is 0.581 bits per heavy atom. The van der Waals surface area contributed by atoms with Gasteiger partial charge in [0.15, 0.2) is 17.3 Å². The van der Waals surface area contributed by atoms with Crippen LogP contribution in [0.1, 0.15) is 0 Å². The van der Waals surface area contributed by atoms with Crippen molar-refractivity contribution in [1.82, 2.24) is 14.8 Å². The molecule has 0 bridgehead atoms. The molecule has 0 atom stereocenters. The zero-order valence-corrected chi connectivity index (χ0v) is 16.6. The lowest BCUT2D eigenvalue weighted by molar-refractivity contribution is 0.476. The predicted octanol–water partition coefficient (Wildman–Crippen LogP) is 6.51. The molecule has 1 aliphatic rings. The fraction of sp³-hybridized carbons (Fsp3) is 0. The van der Waals surface area contributed by atoms with Crippen LogP contribution in [0.15, 0.2) is 109 Å². The maximum absolute atomic E-state index is 6.13. The third kappa shape index (κ3) is 2.95. The monoisotopic (exact) mass is 402 g/mol. The highest BCUT2D eigenvalue weighted by atomic mass is 16.5. The van der Waals surface area contributed by atoms with Gasteiger partial charge in [0.2, 0.25) is 0 Å². The van der Waals surface area contributed by atoms with E-state index < -0.39 is 0 Å². The topological polar surface area (TPSA) is 43.2 Å². The van der Waals surface area contributed by atoms with Gasteiger partial charge in [-0.2, -0.15) is 4.98 Å². The fourth-order valence-corrected chi connectivity index (χ4v) is 3.84. The first-order valence-electron chi connectivity index (χ1n) is 10.1. The Morgan fingerprint density at radius 3 is 1.77 bits per heavy atom. The number of benzene rings is 4. The average molecular weight is 402 g/mol. The van der Waals surface area contributed by atoms with Crippen LogP contribution < -0.4 is 9.64 Å². The van der Waals surface area contributed by atoms with Crippen LogP contribution in [0, 0.1) is 0 Å². The van der Waals surface area contributed by atoms with Crippen LogP contribution in [-0.4, -0.2) is 14.8 Å². The first-order valence-corrected chi connectivity index (χ1v) is 10.1. The molecule has 0 aliphatic carbocycles. The normalized spacial score (nSPS) is 12.1. The number of anilines is 3. The van der Waals surface area contributed by atoms with Crippen LogP contribution in [0.2, 0.25) is 0 Å². The maximum Gasteiger partial charge on any atom is 0.255 e. The second-order valence-corrected chi connectivity index (χ2v) is 7.22. The highest BCUT2D eigenvalue weighted by Crippen LogP contribution is 2.49. The van der Waals surface area contributed by atoms with Gasteiger partial charge in [-0.25, -0.2) is 4.68 Å². The van der Waals surface area contributed by atoms with Crippen molar-refractivity contribution in [2.45, 2.75) is 0 Å². The standard InChI is InChI=1S/C26H18N4O/c1-3-11-19(12-4-1)25-27-26(28-30(25)20-13-5-2-6-14-20)29-21-15-7-9-17-23(21)31-24-18-10-8-16-22(24)29/h1-18H. The molecule has 0 saturated heterocycles. The summed E-state index contributed by atoms with van der Waals surface area (Å²) in [7, 11) is 0. The van der Waals surface area contributed by atoms with Crippen molar-refractivity contribution < 1.29 is 4.74 Å². The van der Waals surface area contributed by atoms with Gasteiger partial charge in [0.1, 0.15) is 0 Å². The minimum Gasteiger partial charge on any atom is -0.453 e. The van der Waals surface area contributed by atoms with Crippen molar-refractivity contribution in [3.05, 3.63) is 109 Å². The Labute approximate surface area is 179 Å². The van der Waals surface area contributed by atoms with Gasteiger partial charge in [0.25, 0.3) is 5.95 Å². The molecule has 1 aliphatic heterocycles. The molecular formula is C26H18N4O. The molecule has 5 nitrogen and oxygen atoms in total.